The molecule has 0 aliphatic heterocycles. The van der Waals surface area contributed by atoms with E-state index >= 15 is 0 Å². The molecule has 1 aromatic carbocycles. The predicted octanol–water partition coefficient (Wildman–Crippen LogP) is 0.998. The Morgan fingerprint density at radius 2 is 1.86 bits per heavy atom. The molecule has 3 aliphatic carbocycles. The van der Waals surface area contributed by atoms with Gasteiger partial charge in [-0.1, -0.05) is 37.4 Å². The number of nitrogens with zero attached hydrogens (tertiary/aromatic N) is 1. The van der Waals surface area contributed by atoms with E-state index in [-0.39, 0.29) is 31.0 Å². The molecule has 0 aromatic heterocycles. The van der Waals surface area contributed by atoms with Gasteiger partial charge in [0.15, 0.2) is 17.2 Å². The summed E-state index contributed by atoms with van der Waals surface area (Å²) in [5.74, 6) is -6.03. The van der Waals surface area contributed by atoms with Crippen LogP contribution in [0.15, 0.2) is 54.8 Å². The van der Waals surface area contributed by atoms with E-state index in [1.165, 1.54) is 6.08 Å². The van der Waals surface area contributed by atoms with Crippen molar-refractivity contribution in [3.63, 3.8) is 0 Å². The molecule has 36 heavy (non-hydrogen) atoms. The van der Waals surface area contributed by atoms with Gasteiger partial charge >= 0.3 is 0 Å². The summed E-state index contributed by atoms with van der Waals surface area (Å²) in [4.78, 5) is 55.3. The first-order valence-corrected chi connectivity index (χ1v) is 11.7. The van der Waals surface area contributed by atoms with Crippen LogP contribution in [-0.4, -0.2) is 72.2 Å². The van der Waals surface area contributed by atoms with Gasteiger partial charge in [0.25, 0.3) is 5.91 Å². The van der Waals surface area contributed by atoms with E-state index in [9.17, 15) is 24.3 Å². The molecule has 5 atom stereocenters. The lowest BCUT2D eigenvalue weighted by molar-refractivity contribution is -0.170. The van der Waals surface area contributed by atoms with Crippen LogP contribution in [0.2, 0.25) is 0 Å². The highest BCUT2D eigenvalue weighted by Crippen LogP contribution is 2.51. The van der Waals surface area contributed by atoms with Gasteiger partial charge in [0, 0.05) is 5.92 Å². The third kappa shape index (κ3) is 3.70. The Balaban J connectivity index is 1.86. The highest BCUT2D eigenvalue weighted by molar-refractivity contribution is 6.32. The lowest BCUT2D eigenvalue weighted by Gasteiger charge is -2.52. The maximum Gasteiger partial charge on any atom is 0.255 e. The fraction of sp³-hybridized carbons (Fsp3) is 0.407. The van der Waals surface area contributed by atoms with Gasteiger partial charge in [0.05, 0.1) is 17.5 Å². The van der Waals surface area contributed by atoms with Crippen molar-refractivity contribution < 1.29 is 33.8 Å². The zero-order chi connectivity index (χ0) is 26.4. The number of fused-ring (bicyclic) bond motifs is 3. The Morgan fingerprint density at radius 3 is 2.47 bits per heavy atom. The summed E-state index contributed by atoms with van der Waals surface area (Å²) >= 11 is 0. The molecule has 0 saturated heterocycles. The minimum Gasteiger partial charge on any atom is -0.491 e. The maximum atomic E-state index is 13.9. The van der Waals surface area contributed by atoms with Crippen LogP contribution in [0.1, 0.15) is 22.3 Å². The Morgan fingerprint density at radius 1 is 1.19 bits per heavy atom. The number of carbonyl (C=O) groups excluding carboxylic acids is 4. The molecule has 4 rings (SSSR count). The van der Waals surface area contributed by atoms with Gasteiger partial charge in [-0.15, -0.1) is 0 Å². The second-order valence-corrected chi connectivity index (χ2v) is 9.61. The number of primary amides is 1. The topological polar surface area (TPSA) is 136 Å². The molecule has 1 fully saturated rings. The van der Waals surface area contributed by atoms with Crippen LogP contribution < -0.4 is 10.5 Å². The van der Waals surface area contributed by atoms with E-state index < -0.39 is 58.2 Å². The summed E-state index contributed by atoms with van der Waals surface area (Å²) in [6.07, 6.45) is 3.56. The molecule has 0 spiro atoms. The Hall–Kier alpha value is -3.56. The highest BCUT2D eigenvalue weighted by atomic mass is 16.5. The maximum absolute atomic E-state index is 13.9. The van der Waals surface area contributed by atoms with Gasteiger partial charge in [-0.25, -0.2) is 0 Å². The Bertz CT molecular complexity index is 1200. The SMILES string of the molecule is C=CCOC1=C(C(N)=O)C(=O)[C@@]2(O)C(=O)C3C(=O)c4c(cccc4OCC=C)C[C@H]3C[C@H]2[C@@H]1N(C)C. The van der Waals surface area contributed by atoms with Crippen LogP contribution in [0.25, 0.3) is 0 Å². The van der Waals surface area contributed by atoms with E-state index in [2.05, 4.69) is 13.2 Å². The summed E-state index contributed by atoms with van der Waals surface area (Å²) < 4.78 is 11.4. The number of amides is 1. The van der Waals surface area contributed by atoms with Crippen molar-refractivity contribution in [3.05, 3.63) is 66.0 Å². The molecule has 9 heteroatoms. The van der Waals surface area contributed by atoms with Crippen molar-refractivity contribution in [2.75, 3.05) is 27.3 Å². The standard InChI is InChI=1S/C27H30N2O7/c1-5-10-35-17-9-7-8-14-12-15-13-16-21(29(3)4)23(36-11-6-2)20(26(28)33)25(32)27(16,34)24(31)19(15)22(30)18(14)17/h5-9,15-16,19,21,34H,1-2,10-13H2,3-4H3,(H2,28,33)/t15-,16-,19?,21-,27-/m0/s1. The fourth-order valence-electron chi connectivity index (χ4n) is 5.94. The van der Waals surface area contributed by atoms with Crippen molar-refractivity contribution in [1.82, 2.24) is 4.90 Å². The summed E-state index contributed by atoms with van der Waals surface area (Å²) in [5, 5.41) is 11.8. The summed E-state index contributed by atoms with van der Waals surface area (Å²) in [5.41, 5.74) is 3.37. The van der Waals surface area contributed by atoms with Crippen LogP contribution in [-0.2, 0) is 25.5 Å². The van der Waals surface area contributed by atoms with Crippen LogP contribution in [0, 0.1) is 17.8 Å². The second kappa shape index (κ2) is 9.48. The zero-order valence-corrected chi connectivity index (χ0v) is 20.4. The molecule has 9 nitrogen and oxygen atoms in total. The number of benzene rings is 1. The van der Waals surface area contributed by atoms with Crippen LogP contribution in [0.5, 0.6) is 5.75 Å². The van der Waals surface area contributed by atoms with Crippen LogP contribution in [0.3, 0.4) is 0 Å². The van der Waals surface area contributed by atoms with Crippen molar-refractivity contribution in [1.29, 1.82) is 0 Å². The van der Waals surface area contributed by atoms with Crippen molar-refractivity contribution in [2.24, 2.45) is 23.5 Å². The third-order valence-corrected chi connectivity index (χ3v) is 7.33. The number of aliphatic hydroxyl groups is 1. The Kier molecular flexibility index (Phi) is 6.72. The first kappa shape index (κ1) is 25.5. The minimum atomic E-state index is -2.61. The molecule has 0 bridgehead atoms. The summed E-state index contributed by atoms with van der Waals surface area (Å²) in [6.45, 7) is 7.38. The monoisotopic (exact) mass is 494 g/mol. The second-order valence-electron chi connectivity index (χ2n) is 9.61. The van der Waals surface area contributed by atoms with Crippen molar-refractivity contribution >= 4 is 23.3 Å². The number of likely N-dealkylation sites (N-methyl/N-ethyl adjacent to an activating group) is 1. The van der Waals surface area contributed by atoms with Gasteiger partial charge in [0.1, 0.15) is 30.3 Å². The van der Waals surface area contributed by atoms with E-state index in [1.807, 2.05) is 6.07 Å². The normalized spacial score (nSPS) is 29.3. The van der Waals surface area contributed by atoms with Gasteiger partial charge in [-0.3, -0.25) is 24.1 Å². The molecule has 1 aromatic rings. The van der Waals surface area contributed by atoms with Gasteiger partial charge < -0.3 is 20.3 Å². The average molecular weight is 495 g/mol. The number of hydrogen-bond acceptors (Lipinski definition) is 8. The lowest BCUT2D eigenvalue weighted by Crippen LogP contribution is -2.69. The van der Waals surface area contributed by atoms with Crippen LogP contribution >= 0.6 is 0 Å². The average Bonchev–Trinajstić information content (AvgIpc) is 2.82. The number of rotatable bonds is 8. The Labute approximate surface area is 209 Å². The lowest BCUT2D eigenvalue weighted by atomic mass is 9.54. The van der Waals surface area contributed by atoms with E-state index in [0.717, 1.165) is 5.56 Å². The number of ether oxygens (including phenoxy) is 2. The van der Waals surface area contributed by atoms with Crippen molar-refractivity contribution in [2.45, 2.75) is 24.5 Å². The van der Waals surface area contributed by atoms with Gasteiger partial charge in [-0.05, 0) is 44.5 Å². The van der Waals surface area contributed by atoms with E-state index in [1.54, 1.807) is 37.2 Å². The first-order chi connectivity index (χ1) is 17.1. The van der Waals surface area contributed by atoms with Crippen molar-refractivity contribution in [3.8, 4) is 5.75 Å². The number of carbonyl (C=O) groups is 4. The molecule has 190 valence electrons. The van der Waals surface area contributed by atoms with E-state index in [0.29, 0.717) is 12.2 Å². The summed E-state index contributed by atoms with van der Waals surface area (Å²) in [7, 11) is 3.38. The molecule has 3 aliphatic rings. The smallest absolute Gasteiger partial charge is 0.255 e. The quantitative estimate of drug-likeness (QED) is 0.310. The highest BCUT2D eigenvalue weighted by Gasteiger charge is 2.67. The largest absolute Gasteiger partial charge is 0.491 e. The molecular weight excluding hydrogens is 464 g/mol. The van der Waals surface area contributed by atoms with E-state index in [4.69, 9.17) is 15.2 Å². The fourth-order valence-corrected chi connectivity index (χ4v) is 5.94. The predicted molar refractivity (Wildman–Crippen MR) is 130 cm³/mol. The molecular formula is C27H30N2O7. The number of Topliss-reactive ketones (excluding diaryl/α,β-unsaturated/α-hetero) is 3. The molecule has 1 unspecified atom stereocenters. The van der Waals surface area contributed by atoms with Crippen LogP contribution in [0.4, 0.5) is 0 Å². The molecule has 1 saturated carbocycles. The zero-order valence-electron chi connectivity index (χ0n) is 20.4. The number of hydrogen-bond donors (Lipinski definition) is 2. The number of nitrogens with two attached hydrogens (primary N) is 1. The minimum absolute atomic E-state index is 0.000900. The number of ketones is 3. The van der Waals surface area contributed by atoms with Gasteiger partial charge in [-0.2, -0.15) is 0 Å². The molecule has 0 radical (unpaired) electrons. The van der Waals surface area contributed by atoms with Gasteiger partial charge in [0.2, 0.25) is 5.78 Å². The third-order valence-electron chi connectivity index (χ3n) is 7.33. The summed E-state index contributed by atoms with van der Waals surface area (Å²) in [6, 6.07) is 4.42. The first-order valence-electron chi connectivity index (χ1n) is 11.7. The molecule has 1 amide bonds. The molecule has 3 N–H and O–H groups in total. The molecule has 0 heterocycles.